The van der Waals surface area contributed by atoms with Crippen molar-refractivity contribution in [1.82, 2.24) is 0 Å². The van der Waals surface area contributed by atoms with Crippen molar-refractivity contribution in [3.63, 3.8) is 0 Å². The first kappa shape index (κ1) is 25.8. The summed E-state index contributed by atoms with van der Waals surface area (Å²) < 4.78 is 0. The molecule has 3 nitrogen and oxygen atoms in total. The van der Waals surface area contributed by atoms with Crippen LogP contribution in [0.4, 0.5) is 0 Å². The molecule has 2 aliphatic rings. The monoisotopic (exact) mass is 420 g/mol. The summed E-state index contributed by atoms with van der Waals surface area (Å²) >= 11 is 0. The van der Waals surface area contributed by atoms with Crippen LogP contribution in [0.5, 0.6) is 0 Å². The van der Waals surface area contributed by atoms with Gasteiger partial charge in [0.15, 0.2) is 0 Å². The highest BCUT2D eigenvalue weighted by Crippen LogP contribution is 2.43. The smallest absolute Gasteiger partial charge is 0.136 e. The van der Waals surface area contributed by atoms with Crippen molar-refractivity contribution in [2.45, 2.75) is 136 Å². The first-order chi connectivity index (χ1) is 14.4. The van der Waals surface area contributed by atoms with E-state index in [1.807, 2.05) is 0 Å². The van der Waals surface area contributed by atoms with Gasteiger partial charge < -0.3 is 11.5 Å². The lowest BCUT2D eigenvalue weighted by Crippen LogP contribution is -2.43. The first-order valence-electron chi connectivity index (χ1n) is 13.5. The van der Waals surface area contributed by atoms with E-state index < -0.39 is 0 Å². The van der Waals surface area contributed by atoms with E-state index in [0.29, 0.717) is 41.5 Å². The average molecular weight is 421 g/mol. The largest absolute Gasteiger partial charge is 0.327 e. The summed E-state index contributed by atoms with van der Waals surface area (Å²) in [4.78, 5) is 13.5. The second-order valence-corrected chi connectivity index (χ2v) is 11.0. The van der Waals surface area contributed by atoms with E-state index in [2.05, 4.69) is 20.8 Å². The number of hydrogen-bond donors (Lipinski definition) is 2. The molecule has 176 valence electrons. The minimum Gasteiger partial charge on any atom is -0.327 e. The van der Waals surface area contributed by atoms with Crippen LogP contribution in [0.15, 0.2) is 0 Å². The van der Waals surface area contributed by atoms with Gasteiger partial charge in [0.1, 0.15) is 5.78 Å². The fourth-order valence-electron chi connectivity index (χ4n) is 6.26. The van der Waals surface area contributed by atoms with Gasteiger partial charge in [0.25, 0.3) is 0 Å². The van der Waals surface area contributed by atoms with Crippen molar-refractivity contribution in [1.29, 1.82) is 0 Å². The molecule has 3 heteroatoms. The molecular formula is C27H52N2O. The number of Topliss-reactive ketones (excluding diaryl/α,β-unsaturated/α-hetero) is 1. The lowest BCUT2D eigenvalue weighted by Gasteiger charge is -2.42. The van der Waals surface area contributed by atoms with Gasteiger partial charge in [-0.3, -0.25) is 4.79 Å². The summed E-state index contributed by atoms with van der Waals surface area (Å²) in [6, 6.07) is 0.654. The summed E-state index contributed by atoms with van der Waals surface area (Å²) in [6.45, 7) is 6.85. The Balaban J connectivity index is 1.82. The van der Waals surface area contributed by atoms with E-state index in [1.54, 1.807) is 0 Å². The minimum atomic E-state index is 0.268. The first-order valence-corrected chi connectivity index (χ1v) is 13.5. The van der Waals surface area contributed by atoms with Crippen molar-refractivity contribution < 1.29 is 4.79 Å². The number of nitrogens with two attached hydrogens (primary N) is 2. The zero-order valence-corrected chi connectivity index (χ0v) is 20.4. The molecule has 6 atom stereocenters. The summed E-state index contributed by atoms with van der Waals surface area (Å²) in [5, 5.41) is 0. The Morgan fingerprint density at radius 1 is 0.733 bits per heavy atom. The quantitative estimate of drug-likeness (QED) is 0.329. The van der Waals surface area contributed by atoms with E-state index in [9.17, 15) is 4.79 Å². The molecule has 0 bridgehead atoms. The van der Waals surface area contributed by atoms with Gasteiger partial charge in [0.05, 0.1) is 0 Å². The Kier molecular flexibility index (Phi) is 12.0. The normalized spacial score (nSPS) is 33.4. The molecular weight excluding hydrogens is 368 g/mol. The maximum Gasteiger partial charge on any atom is 0.136 e. The van der Waals surface area contributed by atoms with Gasteiger partial charge >= 0.3 is 0 Å². The van der Waals surface area contributed by atoms with Crippen molar-refractivity contribution in [2.75, 3.05) is 0 Å². The molecule has 2 rings (SSSR count). The van der Waals surface area contributed by atoms with Gasteiger partial charge in [-0.25, -0.2) is 0 Å². The van der Waals surface area contributed by atoms with Crippen LogP contribution in [0, 0.1) is 29.6 Å². The summed E-state index contributed by atoms with van der Waals surface area (Å²) in [5.74, 6) is 3.04. The van der Waals surface area contributed by atoms with Gasteiger partial charge in [-0.2, -0.15) is 0 Å². The molecule has 0 aliphatic heterocycles. The zero-order chi connectivity index (χ0) is 21.9. The number of carbonyl (C=O) groups is 1. The Morgan fingerprint density at radius 2 is 1.17 bits per heavy atom. The third-order valence-electron chi connectivity index (χ3n) is 8.47. The van der Waals surface area contributed by atoms with E-state index in [4.69, 9.17) is 11.5 Å². The summed E-state index contributed by atoms with van der Waals surface area (Å²) in [7, 11) is 0. The summed E-state index contributed by atoms with van der Waals surface area (Å²) in [6.07, 6.45) is 19.4. The molecule has 0 saturated heterocycles. The van der Waals surface area contributed by atoms with Crippen LogP contribution in [0.1, 0.15) is 124 Å². The maximum atomic E-state index is 13.5. The van der Waals surface area contributed by atoms with E-state index in [1.165, 1.54) is 51.4 Å². The lowest BCUT2D eigenvalue weighted by atomic mass is 9.63. The van der Waals surface area contributed by atoms with Gasteiger partial charge in [0.2, 0.25) is 0 Å². The van der Waals surface area contributed by atoms with E-state index in [0.717, 1.165) is 51.4 Å². The molecule has 0 aromatic heterocycles. The molecule has 2 aliphatic carbocycles. The van der Waals surface area contributed by atoms with Crippen molar-refractivity contribution in [3.8, 4) is 0 Å². The number of hydrogen-bond acceptors (Lipinski definition) is 3. The van der Waals surface area contributed by atoms with E-state index >= 15 is 0 Å². The zero-order valence-electron chi connectivity index (χ0n) is 20.4. The van der Waals surface area contributed by atoms with Crippen LogP contribution in [0.25, 0.3) is 0 Å². The van der Waals surface area contributed by atoms with Crippen molar-refractivity contribution in [3.05, 3.63) is 0 Å². The predicted octanol–water partition coefficient (Wildman–Crippen LogP) is 6.62. The number of carbonyl (C=O) groups excluding carboxylic acids is 1. The molecule has 0 heterocycles. The van der Waals surface area contributed by atoms with Gasteiger partial charge in [-0.05, 0) is 68.6 Å². The number of unbranched alkanes of at least 4 members (excludes halogenated alkanes) is 8. The molecule has 4 N–H and O–H groups in total. The lowest BCUT2D eigenvalue weighted by molar-refractivity contribution is -0.128. The van der Waals surface area contributed by atoms with Gasteiger partial charge in [0, 0.05) is 24.4 Å². The molecule has 2 saturated carbocycles. The van der Waals surface area contributed by atoms with Crippen LogP contribution in [-0.2, 0) is 4.79 Å². The highest BCUT2D eigenvalue weighted by atomic mass is 16.1. The Hall–Kier alpha value is -0.410. The van der Waals surface area contributed by atoms with Crippen LogP contribution >= 0.6 is 0 Å². The van der Waals surface area contributed by atoms with Gasteiger partial charge in [-0.15, -0.1) is 0 Å². The Bertz CT molecular complexity index is 453. The molecule has 30 heavy (non-hydrogen) atoms. The van der Waals surface area contributed by atoms with Crippen molar-refractivity contribution >= 4 is 5.78 Å². The number of ketones is 1. The predicted molar refractivity (Wildman–Crippen MR) is 129 cm³/mol. The Labute approximate surface area is 187 Å². The fourth-order valence-corrected chi connectivity index (χ4v) is 6.26. The van der Waals surface area contributed by atoms with Crippen molar-refractivity contribution in [2.24, 2.45) is 41.1 Å². The molecule has 6 unspecified atom stereocenters. The van der Waals surface area contributed by atoms with Gasteiger partial charge in [-0.1, -0.05) is 72.1 Å². The van der Waals surface area contributed by atoms with Crippen LogP contribution in [0.3, 0.4) is 0 Å². The molecule has 2 fully saturated rings. The number of rotatable bonds is 13. The average Bonchev–Trinajstić information content (AvgIpc) is 2.72. The standard InChI is InChI=1S/C27H52N2O/c1-4-5-6-7-8-9-10-11-12-13-26(30)27(22-14-16-24(28)20(2)18-22)23-15-17-25(29)21(3)19-23/h20-25,27H,4-19,28-29H2,1-3H3. The fraction of sp³-hybridized carbons (Fsp3) is 0.963. The molecule has 0 aromatic rings. The third kappa shape index (κ3) is 8.26. The molecule has 0 amide bonds. The minimum absolute atomic E-state index is 0.268. The highest BCUT2D eigenvalue weighted by Gasteiger charge is 2.40. The highest BCUT2D eigenvalue weighted by molar-refractivity contribution is 5.81. The topological polar surface area (TPSA) is 69.1 Å². The SMILES string of the molecule is CCCCCCCCCCCC(=O)C(C1CCC(N)C(C)C1)C1CCC(N)C(C)C1. The van der Waals surface area contributed by atoms with Crippen LogP contribution < -0.4 is 11.5 Å². The van der Waals surface area contributed by atoms with Crippen LogP contribution in [-0.4, -0.2) is 17.9 Å². The molecule has 0 spiro atoms. The summed E-state index contributed by atoms with van der Waals surface area (Å²) in [5.41, 5.74) is 12.6. The molecule has 0 aromatic carbocycles. The van der Waals surface area contributed by atoms with E-state index in [-0.39, 0.29) is 5.92 Å². The van der Waals surface area contributed by atoms with Crippen LogP contribution in [0.2, 0.25) is 0 Å². The molecule has 0 radical (unpaired) electrons. The third-order valence-corrected chi connectivity index (χ3v) is 8.47. The second-order valence-electron chi connectivity index (χ2n) is 11.0. The Morgan fingerprint density at radius 3 is 1.60 bits per heavy atom. The maximum absolute atomic E-state index is 13.5. The second kappa shape index (κ2) is 13.9.